The number of thiophene rings is 1. The van der Waals surface area contributed by atoms with Gasteiger partial charge >= 0.3 is 5.63 Å². The molecule has 2 aromatic heterocycles. The highest BCUT2D eigenvalue weighted by molar-refractivity contribution is 7.10. The van der Waals surface area contributed by atoms with Gasteiger partial charge in [0.2, 0.25) is 0 Å². The average molecular weight is 385 g/mol. The second-order valence-corrected chi connectivity index (χ2v) is 7.65. The van der Waals surface area contributed by atoms with Crippen molar-refractivity contribution in [1.82, 2.24) is 5.32 Å². The van der Waals surface area contributed by atoms with Gasteiger partial charge in [-0.1, -0.05) is 12.1 Å². The van der Waals surface area contributed by atoms with E-state index in [1.165, 1.54) is 13.2 Å². The van der Waals surface area contributed by atoms with E-state index >= 15 is 0 Å². The van der Waals surface area contributed by atoms with Crippen LogP contribution < -0.4 is 15.7 Å². The van der Waals surface area contributed by atoms with Gasteiger partial charge in [-0.15, -0.1) is 11.3 Å². The van der Waals surface area contributed by atoms with Gasteiger partial charge < -0.3 is 19.6 Å². The van der Waals surface area contributed by atoms with Crippen LogP contribution in [-0.2, 0) is 12.0 Å². The molecule has 1 aliphatic rings. The van der Waals surface area contributed by atoms with Gasteiger partial charge in [-0.05, 0) is 48.4 Å². The van der Waals surface area contributed by atoms with Crippen molar-refractivity contribution in [3.63, 3.8) is 0 Å². The molecule has 0 bridgehead atoms. The molecule has 1 aromatic carbocycles. The van der Waals surface area contributed by atoms with Crippen molar-refractivity contribution in [3.8, 4) is 5.75 Å². The number of benzene rings is 1. The van der Waals surface area contributed by atoms with Crippen LogP contribution in [0.25, 0.3) is 11.0 Å². The number of ether oxygens (including phenoxy) is 1. The first kappa shape index (κ1) is 17.8. The molecule has 140 valence electrons. The molecule has 0 fully saturated rings. The van der Waals surface area contributed by atoms with E-state index in [4.69, 9.17) is 9.15 Å². The fourth-order valence-corrected chi connectivity index (χ4v) is 4.58. The third-order valence-corrected chi connectivity index (χ3v) is 5.95. The Morgan fingerprint density at radius 2 is 2.26 bits per heavy atom. The smallest absolute Gasteiger partial charge is 0.349 e. The van der Waals surface area contributed by atoms with Crippen molar-refractivity contribution < 1.29 is 19.1 Å². The SMILES string of the molecule is COc1cccc2cc(C(=O)NCC3(O)CCCc4sccc43)c(=O)oc12. The summed E-state index contributed by atoms with van der Waals surface area (Å²) in [6, 6.07) is 8.57. The number of aryl methyl sites for hydroxylation is 1. The molecule has 2 heterocycles. The van der Waals surface area contributed by atoms with E-state index in [2.05, 4.69) is 5.32 Å². The predicted molar refractivity (Wildman–Crippen MR) is 103 cm³/mol. The van der Waals surface area contributed by atoms with E-state index in [1.807, 2.05) is 11.4 Å². The number of carbonyl (C=O) groups is 1. The summed E-state index contributed by atoms with van der Waals surface area (Å²) in [6.07, 6.45) is 2.37. The first-order valence-corrected chi connectivity index (χ1v) is 9.58. The summed E-state index contributed by atoms with van der Waals surface area (Å²) < 4.78 is 10.5. The minimum Gasteiger partial charge on any atom is -0.493 e. The van der Waals surface area contributed by atoms with Gasteiger partial charge in [0.15, 0.2) is 11.3 Å². The Morgan fingerprint density at radius 1 is 1.41 bits per heavy atom. The summed E-state index contributed by atoms with van der Waals surface area (Å²) in [7, 11) is 1.49. The Labute approximate surface area is 159 Å². The Morgan fingerprint density at radius 3 is 3.07 bits per heavy atom. The highest BCUT2D eigenvalue weighted by Crippen LogP contribution is 2.37. The topological polar surface area (TPSA) is 88.8 Å². The maximum absolute atomic E-state index is 12.6. The molecular formula is C20H19NO5S. The molecule has 1 amide bonds. The Hall–Kier alpha value is -2.64. The van der Waals surface area contributed by atoms with Crippen molar-refractivity contribution >= 4 is 28.2 Å². The quantitative estimate of drug-likeness (QED) is 0.674. The summed E-state index contributed by atoms with van der Waals surface area (Å²) in [5.41, 5.74) is -0.773. The summed E-state index contributed by atoms with van der Waals surface area (Å²) in [5.74, 6) is -0.137. The molecule has 1 unspecified atom stereocenters. The standard InChI is InChI=1S/C20H19NO5S/c1-25-15-5-2-4-12-10-13(19(23)26-17(12)15)18(22)21-11-20(24)8-3-6-16-14(20)7-9-27-16/h2,4-5,7,9-10,24H,3,6,8,11H2,1H3,(H,21,22). The van der Waals surface area contributed by atoms with Gasteiger partial charge in [0.05, 0.1) is 13.7 Å². The molecule has 6 nitrogen and oxygen atoms in total. The van der Waals surface area contributed by atoms with Gasteiger partial charge in [0, 0.05) is 10.3 Å². The van der Waals surface area contributed by atoms with Crippen LogP contribution in [0.5, 0.6) is 5.75 Å². The Balaban J connectivity index is 1.59. The van der Waals surface area contributed by atoms with Gasteiger partial charge in [0.25, 0.3) is 5.91 Å². The zero-order valence-corrected chi connectivity index (χ0v) is 15.6. The summed E-state index contributed by atoms with van der Waals surface area (Å²) in [5, 5.41) is 16.2. The average Bonchev–Trinajstić information content (AvgIpc) is 3.16. The second-order valence-electron chi connectivity index (χ2n) is 6.65. The molecule has 1 atom stereocenters. The lowest BCUT2D eigenvalue weighted by Gasteiger charge is -2.32. The number of carbonyl (C=O) groups excluding carboxylic acids is 1. The number of amides is 1. The van der Waals surface area contributed by atoms with Crippen LogP contribution in [0, 0.1) is 0 Å². The van der Waals surface area contributed by atoms with Gasteiger partial charge in [-0.25, -0.2) is 4.79 Å². The van der Waals surface area contributed by atoms with Crippen LogP contribution in [0.1, 0.15) is 33.6 Å². The molecule has 7 heteroatoms. The van der Waals surface area contributed by atoms with E-state index in [-0.39, 0.29) is 12.1 Å². The number of hydrogen-bond donors (Lipinski definition) is 2. The fourth-order valence-electron chi connectivity index (χ4n) is 3.57. The van der Waals surface area contributed by atoms with E-state index in [0.717, 1.165) is 23.3 Å². The lowest BCUT2D eigenvalue weighted by Crippen LogP contribution is -2.43. The monoisotopic (exact) mass is 385 g/mol. The zero-order chi connectivity index (χ0) is 19.0. The van der Waals surface area contributed by atoms with Crippen LogP contribution in [0.4, 0.5) is 0 Å². The third-order valence-electron chi connectivity index (χ3n) is 4.97. The third kappa shape index (κ3) is 3.13. The first-order chi connectivity index (χ1) is 13.0. The van der Waals surface area contributed by atoms with Crippen LogP contribution >= 0.6 is 11.3 Å². The van der Waals surface area contributed by atoms with E-state index < -0.39 is 17.1 Å². The zero-order valence-electron chi connectivity index (χ0n) is 14.8. The van der Waals surface area contributed by atoms with Crippen molar-refractivity contribution in [1.29, 1.82) is 0 Å². The van der Waals surface area contributed by atoms with Crippen molar-refractivity contribution in [2.75, 3.05) is 13.7 Å². The number of aliphatic hydroxyl groups is 1. The number of methoxy groups -OCH3 is 1. The molecule has 0 saturated heterocycles. The summed E-state index contributed by atoms with van der Waals surface area (Å²) in [4.78, 5) is 26.0. The molecule has 0 spiro atoms. The maximum Gasteiger partial charge on any atom is 0.349 e. The number of para-hydroxylation sites is 1. The number of nitrogens with one attached hydrogen (secondary N) is 1. The first-order valence-electron chi connectivity index (χ1n) is 8.70. The normalized spacial score (nSPS) is 18.9. The molecule has 3 aromatic rings. The molecule has 1 aliphatic carbocycles. The number of fused-ring (bicyclic) bond motifs is 2. The van der Waals surface area contributed by atoms with Crippen LogP contribution in [0.2, 0.25) is 0 Å². The van der Waals surface area contributed by atoms with E-state index in [1.54, 1.807) is 29.5 Å². The maximum atomic E-state index is 12.6. The Bertz CT molecular complexity index is 1070. The van der Waals surface area contributed by atoms with Crippen LogP contribution in [-0.4, -0.2) is 24.7 Å². The largest absolute Gasteiger partial charge is 0.493 e. The number of hydrogen-bond acceptors (Lipinski definition) is 6. The minimum absolute atomic E-state index is 0.0468. The molecule has 0 saturated carbocycles. The summed E-state index contributed by atoms with van der Waals surface area (Å²) >= 11 is 1.62. The summed E-state index contributed by atoms with van der Waals surface area (Å²) in [6.45, 7) is 0.0468. The second kappa shape index (κ2) is 6.83. The van der Waals surface area contributed by atoms with Crippen LogP contribution in [0.3, 0.4) is 0 Å². The highest BCUT2D eigenvalue weighted by Gasteiger charge is 2.35. The minimum atomic E-state index is -1.11. The van der Waals surface area contributed by atoms with Gasteiger partial charge in [0.1, 0.15) is 11.2 Å². The molecular weight excluding hydrogens is 366 g/mol. The van der Waals surface area contributed by atoms with Crippen molar-refractivity contribution in [3.05, 3.63) is 62.1 Å². The number of rotatable bonds is 4. The van der Waals surface area contributed by atoms with Crippen molar-refractivity contribution in [2.45, 2.75) is 24.9 Å². The van der Waals surface area contributed by atoms with Crippen molar-refractivity contribution in [2.24, 2.45) is 0 Å². The van der Waals surface area contributed by atoms with Gasteiger partial charge in [-0.3, -0.25) is 4.79 Å². The fraction of sp³-hybridized carbons (Fsp3) is 0.300. The lowest BCUT2D eigenvalue weighted by molar-refractivity contribution is 0.0197. The molecule has 0 aliphatic heterocycles. The molecule has 0 radical (unpaired) electrons. The lowest BCUT2D eigenvalue weighted by atomic mass is 9.83. The Kier molecular flexibility index (Phi) is 4.49. The predicted octanol–water partition coefficient (Wildman–Crippen LogP) is 2.82. The van der Waals surface area contributed by atoms with Crippen LogP contribution in [0.15, 0.2) is 44.9 Å². The highest BCUT2D eigenvalue weighted by atomic mass is 32.1. The molecule has 4 rings (SSSR count). The molecule has 27 heavy (non-hydrogen) atoms. The molecule has 2 N–H and O–H groups in total. The van der Waals surface area contributed by atoms with E-state index in [9.17, 15) is 14.7 Å². The van der Waals surface area contributed by atoms with Gasteiger partial charge in [-0.2, -0.15) is 0 Å². The van der Waals surface area contributed by atoms with E-state index in [0.29, 0.717) is 23.1 Å².